The maximum atomic E-state index is 12.0. The molecule has 0 saturated heterocycles. The van der Waals surface area contributed by atoms with E-state index in [1.165, 1.54) is 0 Å². The Labute approximate surface area is 113 Å². The highest BCUT2D eigenvalue weighted by molar-refractivity contribution is 5.70. The van der Waals surface area contributed by atoms with Gasteiger partial charge in [0.15, 0.2) is 0 Å². The van der Waals surface area contributed by atoms with E-state index in [4.69, 9.17) is 9.84 Å². The number of aliphatic carboxylic acids is 1. The lowest BCUT2D eigenvalue weighted by Gasteiger charge is -2.73. The van der Waals surface area contributed by atoms with Crippen molar-refractivity contribution in [2.24, 2.45) is 5.41 Å². The summed E-state index contributed by atoms with van der Waals surface area (Å²) >= 11 is 0. The summed E-state index contributed by atoms with van der Waals surface area (Å²) in [6.07, 6.45) is 3.44. The minimum absolute atomic E-state index is 0.0686. The summed E-state index contributed by atoms with van der Waals surface area (Å²) in [4.78, 5) is 24.3. The molecule has 3 saturated carbocycles. The molecule has 0 unspecified atom stereocenters. The molecule has 3 rings (SSSR count). The molecule has 5 nitrogen and oxygen atoms in total. The molecule has 3 aliphatic rings. The van der Waals surface area contributed by atoms with Crippen LogP contribution in [0.1, 0.15) is 52.9 Å². The van der Waals surface area contributed by atoms with Gasteiger partial charge in [0.25, 0.3) is 0 Å². The second kappa shape index (κ2) is 4.12. The highest BCUT2D eigenvalue weighted by Crippen LogP contribution is 2.71. The van der Waals surface area contributed by atoms with Gasteiger partial charge in [-0.15, -0.1) is 0 Å². The number of nitrogens with zero attached hydrogens (tertiary/aromatic N) is 1. The van der Waals surface area contributed by atoms with E-state index in [0.717, 1.165) is 25.7 Å². The van der Waals surface area contributed by atoms with Gasteiger partial charge in [-0.3, -0.25) is 4.79 Å². The van der Waals surface area contributed by atoms with E-state index in [-0.39, 0.29) is 23.5 Å². The van der Waals surface area contributed by atoms with Gasteiger partial charge >= 0.3 is 12.1 Å². The minimum atomic E-state index is -0.737. The fraction of sp³-hybridized carbons (Fsp3) is 0.857. The van der Waals surface area contributed by atoms with Crippen molar-refractivity contribution in [1.29, 1.82) is 0 Å². The molecule has 2 bridgehead atoms. The normalized spacial score (nSPS) is 32.0. The van der Waals surface area contributed by atoms with Crippen LogP contribution in [0.4, 0.5) is 4.79 Å². The topological polar surface area (TPSA) is 66.8 Å². The molecular formula is C14H23NO4. The molecule has 0 heterocycles. The molecule has 0 spiro atoms. The SMILES string of the molecule is CN(C(=O)OC(C)(C)C)C12CC(CCC(=O)O)(C1)C2. The molecule has 0 radical (unpaired) electrons. The number of carbonyl (C=O) groups is 2. The van der Waals surface area contributed by atoms with Crippen molar-refractivity contribution in [3.63, 3.8) is 0 Å². The van der Waals surface area contributed by atoms with Crippen LogP contribution in [0.5, 0.6) is 0 Å². The monoisotopic (exact) mass is 269 g/mol. The Bertz CT molecular complexity index is 390. The van der Waals surface area contributed by atoms with Crippen LogP contribution in [-0.4, -0.2) is 40.3 Å². The van der Waals surface area contributed by atoms with E-state index in [1.54, 1.807) is 11.9 Å². The van der Waals surface area contributed by atoms with E-state index in [2.05, 4.69) is 0 Å². The Balaban J connectivity index is 1.84. The third kappa shape index (κ3) is 2.55. The summed E-state index contributed by atoms with van der Waals surface area (Å²) in [5.41, 5.74) is -0.370. The van der Waals surface area contributed by atoms with Gasteiger partial charge in [-0.1, -0.05) is 0 Å². The largest absolute Gasteiger partial charge is 0.481 e. The number of carboxylic acids is 1. The Hall–Kier alpha value is -1.26. The van der Waals surface area contributed by atoms with Gasteiger partial charge in [0.05, 0.1) is 0 Å². The number of rotatable bonds is 4. The zero-order valence-corrected chi connectivity index (χ0v) is 12.2. The van der Waals surface area contributed by atoms with E-state index in [9.17, 15) is 9.59 Å². The van der Waals surface area contributed by atoms with Crippen LogP contribution in [0.3, 0.4) is 0 Å². The number of hydrogen-bond acceptors (Lipinski definition) is 3. The molecule has 0 aromatic rings. The highest BCUT2D eigenvalue weighted by atomic mass is 16.6. The maximum absolute atomic E-state index is 12.0. The van der Waals surface area contributed by atoms with Gasteiger partial charge in [-0.2, -0.15) is 0 Å². The van der Waals surface area contributed by atoms with Crippen LogP contribution >= 0.6 is 0 Å². The zero-order chi connectivity index (χ0) is 14.5. The molecule has 0 aliphatic heterocycles. The van der Waals surface area contributed by atoms with Crippen molar-refractivity contribution in [3.05, 3.63) is 0 Å². The predicted molar refractivity (Wildman–Crippen MR) is 69.9 cm³/mol. The molecular weight excluding hydrogens is 246 g/mol. The van der Waals surface area contributed by atoms with Crippen LogP contribution in [0.2, 0.25) is 0 Å². The van der Waals surface area contributed by atoms with Crippen LogP contribution in [0, 0.1) is 5.41 Å². The summed E-state index contributed by atoms with van der Waals surface area (Å²) < 4.78 is 5.37. The lowest BCUT2D eigenvalue weighted by Crippen LogP contribution is -2.74. The smallest absolute Gasteiger partial charge is 0.410 e. The third-order valence-electron chi connectivity index (χ3n) is 4.36. The van der Waals surface area contributed by atoms with Crippen molar-refractivity contribution < 1.29 is 19.4 Å². The van der Waals surface area contributed by atoms with Gasteiger partial charge in [-0.05, 0) is 51.9 Å². The van der Waals surface area contributed by atoms with E-state index < -0.39 is 11.6 Å². The lowest BCUT2D eigenvalue weighted by atomic mass is 9.38. The van der Waals surface area contributed by atoms with Crippen molar-refractivity contribution in [2.75, 3.05) is 7.05 Å². The van der Waals surface area contributed by atoms with E-state index >= 15 is 0 Å². The first kappa shape index (κ1) is 14.2. The Morgan fingerprint density at radius 1 is 1.26 bits per heavy atom. The molecule has 0 aromatic carbocycles. The van der Waals surface area contributed by atoms with Crippen molar-refractivity contribution in [2.45, 2.75) is 64.0 Å². The molecule has 3 aliphatic carbocycles. The van der Waals surface area contributed by atoms with Crippen molar-refractivity contribution in [1.82, 2.24) is 4.90 Å². The van der Waals surface area contributed by atoms with Crippen molar-refractivity contribution in [3.8, 4) is 0 Å². The zero-order valence-electron chi connectivity index (χ0n) is 12.2. The number of amides is 1. The second-order valence-electron chi connectivity index (χ2n) is 7.19. The van der Waals surface area contributed by atoms with Crippen LogP contribution in [-0.2, 0) is 9.53 Å². The molecule has 5 heteroatoms. The Morgan fingerprint density at radius 2 is 1.79 bits per heavy atom. The lowest BCUT2D eigenvalue weighted by molar-refractivity contribution is -0.209. The maximum Gasteiger partial charge on any atom is 0.410 e. The minimum Gasteiger partial charge on any atom is -0.481 e. The molecule has 1 N–H and O–H groups in total. The first-order valence-corrected chi connectivity index (χ1v) is 6.76. The standard InChI is InChI=1S/C14H23NO4/c1-12(2,3)19-11(18)15(4)14-7-13(8-14,9-14)6-5-10(16)17/h5-9H2,1-4H3,(H,16,17). The fourth-order valence-corrected chi connectivity index (χ4v) is 3.46. The fourth-order valence-electron chi connectivity index (χ4n) is 3.46. The van der Waals surface area contributed by atoms with Crippen molar-refractivity contribution >= 4 is 12.1 Å². The third-order valence-corrected chi connectivity index (χ3v) is 4.36. The molecule has 3 fully saturated rings. The molecule has 0 atom stereocenters. The van der Waals surface area contributed by atoms with Gasteiger partial charge in [-0.25, -0.2) is 4.79 Å². The van der Waals surface area contributed by atoms with Crippen LogP contribution in [0.15, 0.2) is 0 Å². The number of ether oxygens (including phenoxy) is 1. The predicted octanol–water partition coefficient (Wildman–Crippen LogP) is 2.64. The Kier molecular flexibility index (Phi) is 3.07. The second-order valence-corrected chi connectivity index (χ2v) is 7.19. The quantitative estimate of drug-likeness (QED) is 0.852. The molecule has 19 heavy (non-hydrogen) atoms. The summed E-state index contributed by atoms with van der Waals surface area (Å²) in [6, 6.07) is 0. The number of carbonyl (C=O) groups excluding carboxylic acids is 1. The summed E-state index contributed by atoms with van der Waals surface area (Å²) in [6.45, 7) is 5.57. The number of carboxylic acid groups (broad SMARTS) is 1. The van der Waals surface area contributed by atoms with Gasteiger partial charge in [0.1, 0.15) is 5.60 Å². The molecule has 108 valence electrons. The average molecular weight is 269 g/mol. The molecule has 0 aromatic heterocycles. The highest BCUT2D eigenvalue weighted by Gasteiger charge is 2.70. The van der Waals surface area contributed by atoms with Gasteiger partial charge in [0.2, 0.25) is 0 Å². The van der Waals surface area contributed by atoms with Gasteiger partial charge in [0, 0.05) is 19.0 Å². The Morgan fingerprint density at radius 3 is 2.21 bits per heavy atom. The average Bonchev–Trinajstić information content (AvgIpc) is 2.09. The summed E-state index contributed by atoms with van der Waals surface area (Å²) in [5, 5.41) is 8.72. The first-order valence-electron chi connectivity index (χ1n) is 6.76. The first-order chi connectivity index (χ1) is 8.58. The number of hydrogen-bond donors (Lipinski definition) is 1. The van der Waals surface area contributed by atoms with Crippen LogP contribution in [0.25, 0.3) is 0 Å². The van der Waals surface area contributed by atoms with Crippen LogP contribution < -0.4 is 0 Å². The van der Waals surface area contributed by atoms with Gasteiger partial charge < -0.3 is 14.7 Å². The molecule has 1 amide bonds. The summed E-state index contributed by atoms with van der Waals surface area (Å²) in [7, 11) is 1.79. The summed E-state index contributed by atoms with van der Waals surface area (Å²) in [5.74, 6) is -0.737. The van der Waals surface area contributed by atoms with E-state index in [0.29, 0.717) is 0 Å². The van der Waals surface area contributed by atoms with E-state index in [1.807, 2.05) is 20.8 Å².